The van der Waals surface area contributed by atoms with Crippen molar-refractivity contribution in [3.63, 3.8) is 0 Å². The summed E-state index contributed by atoms with van der Waals surface area (Å²) in [6, 6.07) is 21.9. The van der Waals surface area contributed by atoms with E-state index in [0.29, 0.717) is 11.5 Å². The van der Waals surface area contributed by atoms with E-state index >= 15 is 0 Å². The summed E-state index contributed by atoms with van der Waals surface area (Å²) in [4.78, 5) is 4.32. The maximum atomic E-state index is 6.24. The van der Waals surface area contributed by atoms with Crippen LogP contribution in [0.3, 0.4) is 0 Å². The van der Waals surface area contributed by atoms with Gasteiger partial charge in [0.15, 0.2) is 5.82 Å². The highest BCUT2D eigenvalue weighted by molar-refractivity contribution is 5.84. The van der Waals surface area contributed by atoms with E-state index in [0.717, 1.165) is 16.8 Å². The van der Waals surface area contributed by atoms with E-state index < -0.39 is 0 Å². The van der Waals surface area contributed by atoms with Gasteiger partial charge in [0, 0.05) is 17.4 Å². The zero-order valence-corrected chi connectivity index (χ0v) is 11.0. The normalized spacial score (nSPS) is 10.2. The molecule has 20 heavy (non-hydrogen) atoms. The fourth-order valence-corrected chi connectivity index (χ4v) is 2.10. The zero-order valence-electron chi connectivity index (χ0n) is 11.0. The predicted octanol–water partition coefficient (Wildman–Crippen LogP) is 4.07. The van der Waals surface area contributed by atoms with E-state index in [2.05, 4.69) is 10.3 Å². The molecule has 2 aromatic carbocycles. The number of hydrogen-bond acceptors (Lipinski definition) is 3. The second kappa shape index (κ2) is 5.45. The van der Waals surface area contributed by atoms with Gasteiger partial charge in [0.05, 0.1) is 5.69 Å². The fraction of sp³-hybridized carbons (Fsp3) is 0. The molecule has 0 bridgehead atoms. The van der Waals surface area contributed by atoms with Gasteiger partial charge in [-0.25, -0.2) is 4.98 Å². The predicted molar refractivity (Wildman–Crippen MR) is 83.8 cm³/mol. The standard InChI is InChI=1S/C17H15N3/c18-16-15(13-7-3-1-4-8-13)11-12-19-17(16)20-14-9-5-2-6-10-14/h1-12H,18H2,(H,19,20). The van der Waals surface area contributed by atoms with E-state index in [1.807, 2.05) is 66.7 Å². The topological polar surface area (TPSA) is 50.9 Å². The summed E-state index contributed by atoms with van der Waals surface area (Å²) in [6.07, 6.45) is 1.77. The molecule has 0 fully saturated rings. The lowest BCUT2D eigenvalue weighted by Gasteiger charge is -2.12. The van der Waals surface area contributed by atoms with Crippen LogP contribution in [0.2, 0.25) is 0 Å². The van der Waals surface area contributed by atoms with E-state index in [1.54, 1.807) is 6.20 Å². The number of nitrogens with zero attached hydrogens (tertiary/aromatic N) is 1. The number of para-hydroxylation sites is 1. The molecule has 0 radical (unpaired) electrons. The second-order valence-corrected chi connectivity index (χ2v) is 4.48. The molecule has 0 unspecified atom stereocenters. The number of nitrogens with one attached hydrogen (secondary N) is 1. The van der Waals surface area contributed by atoms with Crippen LogP contribution in [0.1, 0.15) is 0 Å². The van der Waals surface area contributed by atoms with Crippen LogP contribution in [-0.2, 0) is 0 Å². The van der Waals surface area contributed by atoms with Crippen molar-refractivity contribution in [3.8, 4) is 11.1 Å². The minimum atomic E-state index is 0.655. The van der Waals surface area contributed by atoms with Gasteiger partial charge in [-0.15, -0.1) is 0 Å². The molecule has 3 heteroatoms. The fourth-order valence-electron chi connectivity index (χ4n) is 2.10. The Labute approximate surface area is 118 Å². The lowest BCUT2D eigenvalue weighted by Crippen LogP contribution is -2.00. The summed E-state index contributed by atoms with van der Waals surface area (Å²) in [5.41, 5.74) is 9.93. The van der Waals surface area contributed by atoms with E-state index in [-0.39, 0.29) is 0 Å². The van der Waals surface area contributed by atoms with Gasteiger partial charge in [-0.05, 0) is 23.8 Å². The molecule has 0 saturated carbocycles. The molecule has 3 N–H and O–H groups in total. The molecule has 0 aliphatic rings. The van der Waals surface area contributed by atoms with Crippen molar-refractivity contribution in [1.82, 2.24) is 4.98 Å². The van der Waals surface area contributed by atoms with Crippen molar-refractivity contribution in [1.29, 1.82) is 0 Å². The third-order valence-corrected chi connectivity index (χ3v) is 3.11. The van der Waals surface area contributed by atoms with Crippen molar-refractivity contribution >= 4 is 17.2 Å². The van der Waals surface area contributed by atoms with Gasteiger partial charge < -0.3 is 11.1 Å². The Hall–Kier alpha value is -2.81. The molecule has 3 aromatic rings. The summed E-state index contributed by atoms with van der Waals surface area (Å²) >= 11 is 0. The number of hydrogen-bond donors (Lipinski definition) is 2. The van der Waals surface area contributed by atoms with Crippen molar-refractivity contribution in [2.75, 3.05) is 11.1 Å². The Morgan fingerprint density at radius 1 is 0.800 bits per heavy atom. The van der Waals surface area contributed by atoms with Crippen LogP contribution >= 0.6 is 0 Å². The highest BCUT2D eigenvalue weighted by Gasteiger charge is 2.08. The van der Waals surface area contributed by atoms with Crippen molar-refractivity contribution < 1.29 is 0 Å². The lowest BCUT2D eigenvalue weighted by atomic mass is 10.1. The summed E-state index contributed by atoms with van der Waals surface area (Å²) in [7, 11) is 0. The number of pyridine rings is 1. The van der Waals surface area contributed by atoms with Crippen LogP contribution in [-0.4, -0.2) is 4.98 Å². The van der Waals surface area contributed by atoms with Crippen LogP contribution in [0.25, 0.3) is 11.1 Å². The number of benzene rings is 2. The number of anilines is 3. The highest BCUT2D eigenvalue weighted by atomic mass is 15.0. The van der Waals surface area contributed by atoms with Gasteiger partial charge in [0.2, 0.25) is 0 Å². The molecule has 0 spiro atoms. The van der Waals surface area contributed by atoms with Crippen LogP contribution in [0.4, 0.5) is 17.2 Å². The Kier molecular flexibility index (Phi) is 3.33. The second-order valence-electron chi connectivity index (χ2n) is 4.48. The molecule has 3 nitrogen and oxygen atoms in total. The average Bonchev–Trinajstić information content (AvgIpc) is 2.51. The Morgan fingerprint density at radius 2 is 1.45 bits per heavy atom. The number of nitrogens with two attached hydrogens (primary N) is 1. The van der Waals surface area contributed by atoms with E-state index in [4.69, 9.17) is 5.73 Å². The van der Waals surface area contributed by atoms with Gasteiger partial charge in [-0.3, -0.25) is 0 Å². The third kappa shape index (κ3) is 2.47. The van der Waals surface area contributed by atoms with Gasteiger partial charge >= 0.3 is 0 Å². The van der Waals surface area contributed by atoms with Crippen molar-refractivity contribution in [2.45, 2.75) is 0 Å². The first-order valence-electron chi connectivity index (χ1n) is 6.46. The Balaban J connectivity index is 1.98. The SMILES string of the molecule is Nc1c(-c2ccccc2)ccnc1Nc1ccccc1. The first-order chi connectivity index (χ1) is 9.84. The average molecular weight is 261 g/mol. The molecule has 0 atom stereocenters. The molecule has 0 aliphatic carbocycles. The number of aromatic nitrogens is 1. The molecular formula is C17H15N3. The van der Waals surface area contributed by atoms with E-state index in [9.17, 15) is 0 Å². The molecule has 1 aromatic heterocycles. The van der Waals surface area contributed by atoms with Crippen molar-refractivity contribution in [3.05, 3.63) is 72.9 Å². The summed E-state index contributed by atoms with van der Waals surface area (Å²) in [5.74, 6) is 0.678. The molecule has 0 aliphatic heterocycles. The minimum Gasteiger partial charge on any atom is -0.395 e. The Morgan fingerprint density at radius 3 is 2.15 bits per heavy atom. The quantitative estimate of drug-likeness (QED) is 0.747. The van der Waals surface area contributed by atoms with Crippen LogP contribution in [0, 0.1) is 0 Å². The summed E-state index contributed by atoms with van der Waals surface area (Å²) in [6.45, 7) is 0. The summed E-state index contributed by atoms with van der Waals surface area (Å²) < 4.78 is 0. The first-order valence-corrected chi connectivity index (χ1v) is 6.46. The highest BCUT2D eigenvalue weighted by Crippen LogP contribution is 2.31. The minimum absolute atomic E-state index is 0.655. The smallest absolute Gasteiger partial charge is 0.154 e. The number of nitrogen functional groups attached to an aromatic ring is 1. The van der Waals surface area contributed by atoms with Crippen LogP contribution < -0.4 is 11.1 Å². The van der Waals surface area contributed by atoms with E-state index in [1.165, 1.54) is 0 Å². The van der Waals surface area contributed by atoms with Crippen molar-refractivity contribution in [2.24, 2.45) is 0 Å². The maximum absolute atomic E-state index is 6.24. The van der Waals surface area contributed by atoms with Gasteiger partial charge in [-0.1, -0.05) is 48.5 Å². The molecule has 0 saturated heterocycles. The lowest BCUT2D eigenvalue weighted by molar-refractivity contribution is 1.31. The molecule has 1 heterocycles. The van der Waals surface area contributed by atoms with Gasteiger partial charge in [0.25, 0.3) is 0 Å². The molecule has 0 amide bonds. The van der Waals surface area contributed by atoms with Crippen LogP contribution in [0.5, 0.6) is 0 Å². The third-order valence-electron chi connectivity index (χ3n) is 3.11. The molecule has 98 valence electrons. The largest absolute Gasteiger partial charge is 0.395 e. The summed E-state index contributed by atoms with van der Waals surface area (Å²) in [5, 5.41) is 3.25. The monoisotopic (exact) mass is 261 g/mol. The maximum Gasteiger partial charge on any atom is 0.154 e. The Bertz CT molecular complexity index is 694. The number of rotatable bonds is 3. The van der Waals surface area contributed by atoms with Gasteiger partial charge in [-0.2, -0.15) is 0 Å². The first kappa shape index (κ1) is 12.2. The van der Waals surface area contributed by atoms with Crippen LogP contribution in [0.15, 0.2) is 72.9 Å². The van der Waals surface area contributed by atoms with Gasteiger partial charge in [0.1, 0.15) is 0 Å². The zero-order chi connectivity index (χ0) is 13.8. The molecular weight excluding hydrogens is 246 g/mol. The molecule has 3 rings (SSSR count).